The highest BCUT2D eigenvalue weighted by atomic mass is 19.1. The van der Waals surface area contributed by atoms with E-state index in [9.17, 15) is 4.39 Å². The zero-order chi connectivity index (χ0) is 94.2. The highest BCUT2D eigenvalue weighted by Gasteiger charge is 2.25. The third kappa shape index (κ3) is 13.7. The fourth-order valence-electron chi connectivity index (χ4n) is 20.2. The number of aryl methyl sites for hydroxylation is 1. The molecule has 0 saturated carbocycles. The van der Waals surface area contributed by atoms with Crippen LogP contribution < -0.4 is 0 Å². The van der Waals surface area contributed by atoms with E-state index in [4.69, 9.17) is 84.6 Å². The summed E-state index contributed by atoms with van der Waals surface area (Å²) in [5.74, 6) is 4.39. The Hall–Kier alpha value is -19.7. The summed E-state index contributed by atoms with van der Waals surface area (Å²) >= 11 is 0. The van der Waals surface area contributed by atoms with Gasteiger partial charge in [-0.1, -0.05) is 218 Å². The number of rotatable bonds is 10. The number of fused-ring (bicyclic) bond motifs is 27. The minimum absolute atomic E-state index is 0.346. The molecule has 31 rings (SSSR count). The van der Waals surface area contributed by atoms with Gasteiger partial charge in [0.1, 0.15) is 106 Å². The Labute approximate surface area is 807 Å². The van der Waals surface area contributed by atoms with Gasteiger partial charge in [0.2, 0.25) is 0 Å². The molecule has 19 heteroatoms. The van der Waals surface area contributed by atoms with E-state index in [1.807, 2.05) is 249 Å². The lowest BCUT2D eigenvalue weighted by molar-refractivity contribution is 0.618. The molecule has 0 N–H and O–H groups in total. The first-order chi connectivity index (χ1) is 70.5. The van der Waals surface area contributed by atoms with Crippen LogP contribution in [0.2, 0.25) is 0 Å². The van der Waals surface area contributed by atoms with Gasteiger partial charge < -0.3 is 39.8 Å². The van der Waals surface area contributed by atoms with Crippen molar-refractivity contribution in [2.75, 3.05) is 0 Å². The molecule has 31 aromatic rings. The van der Waals surface area contributed by atoms with Crippen molar-refractivity contribution in [2.24, 2.45) is 0 Å². The van der Waals surface area contributed by atoms with E-state index in [0.29, 0.717) is 63.6 Å². The highest BCUT2D eigenvalue weighted by molar-refractivity contribution is 6.16. The van der Waals surface area contributed by atoms with Gasteiger partial charge in [-0.25, -0.2) is 49.2 Å². The molecule has 0 fully saturated rings. The Morgan fingerprint density at radius 3 is 0.622 bits per heavy atom. The lowest BCUT2D eigenvalue weighted by Gasteiger charge is -2.09. The molecule has 0 aliphatic rings. The number of benzene rings is 19. The second-order valence-electron chi connectivity index (χ2n) is 35.9. The maximum absolute atomic E-state index is 13.9. The average molecular weight is 1850 g/mol. The van der Waals surface area contributed by atoms with Crippen LogP contribution in [-0.4, -0.2) is 44.9 Å². The van der Waals surface area contributed by atoms with Gasteiger partial charge in [0.05, 0.1) is 0 Å². The standard InChI is InChI=1S/C45H25N3O3.C40H23N3O3.C39H20FN3O3/c1-2-9-26(10-3-1)30-13-8-16-38-42(30)35-22-19-29(25-41(35)51-38)45-47-43(27-17-20-33-31-11-4-6-14-36(31)49-39(33)23-27)46-44(48-45)28-18-21-34-32-12-5-7-15-37(32)50-40(34)24-28;1-22-10-14-28-31-17-13-25(21-37(31)46-34(28)18-22)40-42-38(23-11-15-29-26-6-2-4-8-32(26)44-35(29)19-23)41-39(43-40)24-12-16-30-27-7-3-5-9-33(27)45-36(30)20-24;40-24-12-16-30-29-15-11-23(19-35(29)46-36(30)20-24)39-42-37(21-9-13-27-25-5-1-3-7-31(25)44-33(27)17-21)41-38(43-39)22-10-14-28-26-6-2-4-8-32(26)45-34(28)18-22/h1-25H;2-21H,1H3;1-20H. The zero-order valence-electron chi connectivity index (χ0n) is 75.6. The van der Waals surface area contributed by atoms with Crippen LogP contribution in [0.4, 0.5) is 4.39 Å². The van der Waals surface area contributed by atoms with Gasteiger partial charge in [0, 0.05) is 153 Å². The third-order valence-electron chi connectivity index (χ3n) is 27.1. The van der Waals surface area contributed by atoms with Crippen LogP contribution in [0.3, 0.4) is 0 Å². The number of hydrogen-bond donors (Lipinski definition) is 0. The van der Waals surface area contributed by atoms with Crippen molar-refractivity contribution < 1.29 is 44.1 Å². The molecule has 0 radical (unpaired) electrons. The van der Waals surface area contributed by atoms with Crippen LogP contribution in [0, 0.1) is 12.7 Å². The molecule has 0 atom stereocenters. The van der Waals surface area contributed by atoms with Crippen molar-refractivity contribution >= 4 is 197 Å². The van der Waals surface area contributed by atoms with E-state index in [1.165, 1.54) is 12.1 Å². The van der Waals surface area contributed by atoms with E-state index in [2.05, 4.69) is 134 Å². The second kappa shape index (κ2) is 32.0. The molecule has 18 nitrogen and oxygen atoms in total. The largest absolute Gasteiger partial charge is 0.456 e. The molecular weight excluding hydrogens is 1780 g/mol. The lowest BCUT2D eigenvalue weighted by atomic mass is 9.99. The molecule has 0 amide bonds. The minimum atomic E-state index is -0.346. The fourth-order valence-corrected chi connectivity index (χ4v) is 20.2. The molecule has 12 aromatic heterocycles. The normalized spacial score (nSPS) is 12.0. The predicted octanol–water partition coefficient (Wildman–Crippen LogP) is 33.8. The summed E-state index contributed by atoms with van der Waals surface area (Å²) in [7, 11) is 0. The summed E-state index contributed by atoms with van der Waals surface area (Å²) in [5, 5.41) is 18.6. The van der Waals surface area contributed by atoms with E-state index in [0.717, 1.165) is 253 Å². The van der Waals surface area contributed by atoms with Gasteiger partial charge in [-0.3, -0.25) is 0 Å². The van der Waals surface area contributed by atoms with Gasteiger partial charge in [-0.2, -0.15) is 0 Å². The molecule has 143 heavy (non-hydrogen) atoms. The molecule has 12 heterocycles. The molecule has 0 aliphatic carbocycles. The van der Waals surface area contributed by atoms with Gasteiger partial charge in [-0.15, -0.1) is 0 Å². The molecule has 0 bridgehead atoms. The van der Waals surface area contributed by atoms with Gasteiger partial charge in [-0.05, 0) is 193 Å². The Bertz CT molecular complexity index is 9970. The zero-order valence-corrected chi connectivity index (χ0v) is 75.6. The summed E-state index contributed by atoms with van der Waals surface area (Å²) in [5.41, 5.74) is 24.7. The number of aromatic nitrogens is 9. The number of para-hydroxylation sites is 6. The molecule has 0 spiro atoms. The quantitative estimate of drug-likeness (QED) is 0.124. The second-order valence-corrected chi connectivity index (χ2v) is 35.9. The van der Waals surface area contributed by atoms with E-state index < -0.39 is 0 Å². The molecule has 670 valence electrons. The highest BCUT2D eigenvalue weighted by Crippen LogP contribution is 2.45. The van der Waals surface area contributed by atoms with Crippen molar-refractivity contribution in [1.29, 1.82) is 0 Å². The topological polar surface area (TPSA) is 234 Å². The number of halogens is 1. The van der Waals surface area contributed by atoms with Crippen LogP contribution in [0.5, 0.6) is 0 Å². The summed E-state index contributed by atoms with van der Waals surface area (Å²) < 4.78 is 70.0. The van der Waals surface area contributed by atoms with Gasteiger partial charge in [0.15, 0.2) is 52.4 Å². The Balaban J connectivity index is 0.000000102. The summed E-state index contributed by atoms with van der Waals surface area (Å²) in [6, 6.07) is 130. The first-order valence-electron chi connectivity index (χ1n) is 46.9. The molecule has 19 aromatic carbocycles. The maximum atomic E-state index is 13.9. The third-order valence-corrected chi connectivity index (χ3v) is 27.1. The summed E-state index contributed by atoms with van der Waals surface area (Å²) in [4.78, 5) is 45.0. The van der Waals surface area contributed by atoms with Gasteiger partial charge >= 0.3 is 0 Å². The Kier molecular flexibility index (Phi) is 18.0. The number of hydrogen-bond acceptors (Lipinski definition) is 18. The minimum Gasteiger partial charge on any atom is -0.456 e. The number of nitrogens with zero attached hydrogens (tertiary/aromatic N) is 9. The molecule has 0 aliphatic heterocycles. The number of furan rings is 9. The summed E-state index contributed by atoms with van der Waals surface area (Å²) in [6.07, 6.45) is 0. The maximum Gasteiger partial charge on any atom is 0.164 e. The molecule has 0 unspecified atom stereocenters. The van der Waals surface area contributed by atoms with E-state index >= 15 is 0 Å². The fraction of sp³-hybridized carbons (Fsp3) is 0.00806. The Morgan fingerprint density at radius 1 is 0.147 bits per heavy atom. The van der Waals surface area contributed by atoms with Crippen molar-refractivity contribution in [1.82, 2.24) is 44.9 Å². The first-order valence-corrected chi connectivity index (χ1v) is 46.9. The Morgan fingerprint density at radius 2 is 0.343 bits per heavy atom. The molecular formula is C124H68FN9O9. The SMILES string of the molecule is Cc1ccc2c(c1)oc1cc(-c3nc(-c4ccc5c(c4)oc4ccccc45)nc(-c4ccc5c(c4)oc4ccccc45)n3)ccc12.Fc1ccc2c(c1)oc1cc(-c3nc(-c4ccc5c(c4)oc4ccccc45)nc(-c4ccc5c(c4)oc4ccccc45)n3)ccc12.c1ccc(-c2cccc3oc4cc(-c5nc(-c6ccc7c(c6)oc6ccccc67)nc(-c6ccc7c(c6)oc6ccccc67)n5)ccc4c23)cc1. The van der Waals surface area contributed by atoms with Crippen LogP contribution in [-0.2, 0) is 0 Å². The van der Waals surface area contributed by atoms with Crippen molar-refractivity contribution in [3.05, 3.63) is 406 Å². The average Bonchev–Trinajstić information content (AvgIpc) is 1.60. The van der Waals surface area contributed by atoms with E-state index in [-0.39, 0.29) is 5.82 Å². The summed E-state index contributed by atoms with van der Waals surface area (Å²) in [6.45, 7) is 2.07. The predicted molar refractivity (Wildman–Crippen MR) is 564 cm³/mol. The van der Waals surface area contributed by atoms with Crippen LogP contribution in [0.1, 0.15) is 5.56 Å². The molecule has 0 saturated heterocycles. The smallest absolute Gasteiger partial charge is 0.164 e. The van der Waals surface area contributed by atoms with Crippen LogP contribution >= 0.6 is 0 Å². The van der Waals surface area contributed by atoms with Crippen LogP contribution in [0.25, 0.3) is 311 Å². The van der Waals surface area contributed by atoms with Crippen molar-refractivity contribution in [3.8, 4) is 114 Å². The monoisotopic (exact) mass is 1850 g/mol. The van der Waals surface area contributed by atoms with Gasteiger partial charge in [0.25, 0.3) is 0 Å². The lowest BCUT2D eigenvalue weighted by Crippen LogP contribution is -2.00. The van der Waals surface area contributed by atoms with Crippen molar-refractivity contribution in [3.63, 3.8) is 0 Å². The van der Waals surface area contributed by atoms with E-state index in [1.54, 1.807) is 6.07 Å². The first kappa shape index (κ1) is 80.6. The van der Waals surface area contributed by atoms with Crippen LogP contribution in [0.15, 0.2) is 434 Å². The van der Waals surface area contributed by atoms with Crippen molar-refractivity contribution in [2.45, 2.75) is 6.92 Å².